The quantitative estimate of drug-likeness (QED) is 0.874. The lowest BCUT2D eigenvalue weighted by atomic mass is 10.00. The van der Waals surface area contributed by atoms with E-state index >= 15 is 0 Å². The summed E-state index contributed by atoms with van der Waals surface area (Å²) in [7, 11) is 0. The van der Waals surface area contributed by atoms with E-state index in [0.717, 1.165) is 30.6 Å². The number of carbonyl (C=O) groups is 1. The molecule has 1 atom stereocenters. The summed E-state index contributed by atoms with van der Waals surface area (Å²) in [6.45, 7) is 3.01. The number of amides is 1. The lowest BCUT2D eigenvalue weighted by Gasteiger charge is -2.35. The Hall–Kier alpha value is -1.69. The van der Waals surface area contributed by atoms with Crippen LogP contribution in [0.4, 0.5) is 0 Å². The fourth-order valence-corrected chi connectivity index (χ4v) is 3.72. The number of fused-ring (bicyclic) bond motifs is 1. The summed E-state index contributed by atoms with van der Waals surface area (Å²) in [5.74, 6) is 0.0278. The number of carbonyl (C=O) groups excluding carboxylic acids is 1. The van der Waals surface area contributed by atoms with Crippen molar-refractivity contribution in [3.63, 3.8) is 0 Å². The van der Waals surface area contributed by atoms with Gasteiger partial charge in [0.25, 0.3) is 5.56 Å². The third-order valence-electron chi connectivity index (χ3n) is 4.17. The monoisotopic (exact) mass is 305 g/mol. The Balaban J connectivity index is 1.82. The molecule has 5 nitrogen and oxygen atoms in total. The zero-order chi connectivity index (χ0) is 14.8. The van der Waals surface area contributed by atoms with Gasteiger partial charge in [0.15, 0.2) is 0 Å². The largest absolute Gasteiger partial charge is 0.338 e. The highest BCUT2D eigenvalue weighted by Crippen LogP contribution is 2.20. The second-order valence-electron chi connectivity index (χ2n) is 5.46. The van der Waals surface area contributed by atoms with Gasteiger partial charge in [0.05, 0.1) is 11.7 Å². The number of hydrogen-bond donors (Lipinski definition) is 0. The molecule has 0 spiro atoms. The first-order valence-corrected chi connectivity index (χ1v) is 8.30. The van der Waals surface area contributed by atoms with Crippen LogP contribution in [0.1, 0.15) is 32.6 Å². The van der Waals surface area contributed by atoms with Crippen molar-refractivity contribution in [1.82, 2.24) is 14.5 Å². The molecule has 0 N–H and O–H groups in total. The number of piperidine rings is 1. The summed E-state index contributed by atoms with van der Waals surface area (Å²) in [5.41, 5.74) is -0.125. The van der Waals surface area contributed by atoms with Gasteiger partial charge in [-0.2, -0.15) is 0 Å². The minimum Gasteiger partial charge on any atom is -0.338 e. The summed E-state index contributed by atoms with van der Waals surface area (Å²) in [5, 5.41) is 2.45. The van der Waals surface area contributed by atoms with Crippen molar-refractivity contribution in [3.05, 3.63) is 28.1 Å². The van der Waals surface area contributed by atoms with E-state index in [1.807, 2.05) is 10.3 Å². The zero-order valence-electron chi connectivity index (χ0n) is 12.1. The highest BCUT2D eigenvalue weighted by molar-refractivity contribution is 7.16. The average Bonchev–Trinajstić information content (AvgIpc) is 2.99. The van der Waals surface area contributed by atoms with Crippen LogP contribution in [0.15, 0.2) is 22.6 Å². The molecule has 21 heavy (non-hydrogen) atoms. The van der Waals surface area contributed by atoms with Crippen LogP contribution in [0, 0.1) is 0 Å². The highest BCUT2D eigenvalue weighted by Gasteiger charge is 2.25. The van der Waals surface area contributed by atoms with Gasteiger partial charge in [-0.05, 0) is 37.1 Å². The van der Waals surface area contributed by atoms with Gasteiger partial charge in [-0.15, -0.1) is 11.3 Å². The predicted octanol–water partition coefficient (Wildman–Crippen LogP) is 2.25. The van der Waals surface area contributed by atoms with Crippen molar-refractivity contribution in [3.8, 4) is 0 Å². The molecule has 3 rings (SSSR count). The smallest absolute Gasteiger partial charge is 0.262 e. The molecule has 112 valence electrons. The third kappa shape index (κ3) is 2.72. The Morgan fingerprint density at radius 2 is 2.33 bits per heavy atom. The molecule has 0 bridgehead atoms. The number of hydrogen-bond acceptors (Lipinski definition) is 4. The number of aromatic nitrogens is 2. The molecule has 0 aliphatic carbocycles. The molecule has 2 aromatic rings. The minimum atomic E-state index is -0.125. The Kier molecular flexibility index (Phi) is 4.05. The molecule has 1 fully saturated rings. The minimum absolute atomic E-state index is 0.0278. The Morgan fingerprint density at radius 1 is 1.48 bits per heavy atom. The summed E-state index contributed by atoms with van der Waals surface area (Å²) < 4.78 is 1.43. The van der Waals surface area contributed by atoms with Crippen molar-refractivity contribution in [2.45, 2.75) is 45.2 Å². The molecule has 3 heterocycles. The van der Waals surface area contributed by atoms with E-state index in [4.69, 9.17) is 0 Å². The molecule has 1 aliphatic rings. The fraction of sp³-hybridized carbons (Fsp3) is 0.533. The first-order chi connectivity index (χ1) is 10.2. The molecule has 0 saturated carbocycles. The average molecular weight is 305 g/mol. The van der Waals surface area contributed by atoms with Crippen molar-refractivity contribution in [1.29, 1.82) is 0 Å². The number of likely N-dealkylation sites (tertiary alicyclic amines) is 1. The standard InChI is InChI=1S/C15H19N3O2S/c1-2-11-5-3-4-7-18(11)13(19)9-17-10-16-14-12(15(17)20)6-8-21-14/h6,8,10-11H,2-5,7,9H2,1H3/t11-/m0/s1. The van der Waals surface area contributed by atoms with Gasteiger partial charge in [0.1, 0.15) is 11.4 Å². The third-order valence-corrected chi connectivity index (χ3v) is 5.00. The van der Waals surface area contributed by atoms with Crippen molar-refractivity contribution in [2.75, 3.05) is 6.54 Å². The van der Waals surface area contributed by atoms with Crippen LogP contribution in [0.25, 0.3) is 10.2 Å². The SMILES string of the molecule is CC[C@H]1CCCCN1C(=O)Cn1cnc2sccc2c1=O. The fourth-order valence-electron chi connectivity index (χ4n) is 3.00. The molecule has 2 aromatic heterocycles. The van der Waals surface area contributed by atoms with Crippen molar-refractivity contribution in [2.24, 2.45) is 0 Å². The van der Waals surface area contributed by atoms with Crippen LogP contribution < -0.4 is 5.56 Å². The van der Waals surface area contributed by atoms with Gasteiger partial charge in [0, 0.05) is 12.6 Å². The van der Waals surface area contributed by atoms with Gasteiger partial charge in [-0.1, -0.05) is 6.92 Å². The summed E-state index contributed by atoms with van der Waals surface area (Å²) in [4.78, 5) is 31.7. The van der Waals surface area contributed by atoms with Gasteiger partial charge in [-0.25, -0.2) is 4.98 Å². The maximum Gasteiger partial charge on any atom is 0.262 e. The molecule has 0 aromatic carbocycles. The predicted molar refractivity (Wildman–Crippen MR) is 83.5 cm³/mol. The topological polar surface area (TPSA) is 55.2 Å². The number of thiophene rings is 1. The van der Waals surface area contributed by atoms with E-state index in [1.165, 1.54) is 28.7 Å². The lowest BCUT2D eigenvalue weighted by molar-refractivity contribution is -0.135. The summed E-state index contributed by atoms with van der Waals surface area (Å²) in [6.07, 6.45) is 5.77. The first-order valence-electron chi connectivity index (χ1n) is 7.43. The summed E-state index contributed by atoms with van der Waals surface area (Å²) in [6, 6.07) is 2.09. The van der Waals surface area contributed by atoms with E-state index < -0.39 is 0 Å². The Morgan fingerprint density at radius 3 is 3.14 bits per heavy atom. The van der Waals surface area contributed by atoms with E-state index in [1.54, 1.807) is 6.07 Å². The van der Waals surface area contributed by atoms with Crippen LogP contribution in [-0.4, -0.2) is 32.9 Å². The highest BCUT2D eigenvalue weighted by atomic mass is 32.1. The zero-order valence-corrected chi connectivity index (χ0v) is 12.9. The van der Waals surface area contributed by atoms with Gasteiger partial charge < -0.3 is 4.90 Å². The molecule has 0 radical (unpaired) electrons. The maximum absolute atomic E-state index is 12.5. The molecule has 1 saturated heterocycles. The van der Waals surface area contributed by atoms with Crippen LogP contribution in [0.5, 0.6) is 0 Å². The molecule has 6 heteroatoms. The molecule has 1 amide bonds. The first kappa shape index (κ1) is 14.3. The van der Waals surface area contributed by atoms with Gasteiger partial charge >= 0.3 is 0 Å². The maximum atomic E-state index is 12.5. The second kappa shape index (κ2) is 5.97. The molecule has 1 aliphatic heterocycles. The molecular formula is C15H19N3O2S. The summed E-state index contributed by atoms with van der Waals surface area (Å²) >= 11 is 1.44. The van der Waals surface area contributed by atoms with Gasteiger partial charge in [0.2, 0.25) is 5.91 Å². The van der Waals surface area contributed by atoms with Crippen molar-refractivity contribution < 1.29 is 4.79 Å². The van der Waals surface area contributed by atoms with E-state index in [2.05, 4.69) is 11.9 Å². The van der Waals surface area contributed by atoms with E-state index in [0.29, 0.717) is 11.4 Å². The van der Waals surface area contributed by atoms with E-state index in [-0.39, 0.29) is 18.0 Å². The molecular weight excluding hydrogens is 286 g/mol. The van der Waals surface area contributed by atoms with E-state index in [9.17, 15) is 9.59 Å². The number of nitrogens with zero attached hydrogens (tertiary/aromatic N) is 3. The van der Waals surface area contributed by atoms with Crippen LogP contribution in [0.2, 0.25) is 0 Å². The van der Waals surface area contributed by atoms with Crippen LogP contribution in [-0.2, 0) is 11.3 Å². The van der Waals surface area contributed by atoms with Gasteiger partial charge in [-0.3, -0.25) is 14.2 Å². The second-order valence-corrected chi connectivity index (χ2v) is 6.36. The Labute approximate surface area is 127 Å². The van der Waals surface area contributed by atoms with Crippen LogP contribution in [0.3, 0.4) is 0 Å². The van der Waals surface area contributed by atoms with Crippen LogP contribution >= 0.6 is 11.3 Å². The Bertz CT molecular complexity index is 706. The normalized spacial score (nSPS) is 19.1. The molecule has 0 unspecified atom stereocenters. The lowest BCUT2D eigenvalue weighted by Crippen LogP contribution is -2.45. The number of rotatable bonds is 3. The van der Waals surface area contributed by atoms with Crippen molar-refractivity contribution >= 4 is 27.5 Å².